The van der Waals surface area contributed by atoms with Crippen molar-refractivity contribution >= 4 is 22.6 Å². The molecule has 0 bridgehead atoms. The Morgan fingerprint density at radius 2 is 1.83 bits per heavy atom. The van der Waals surface area contributed by atoms with Gasteiger partial charge in [-0.2, -0.15) is 5.10 Å². The predicted octanol–water partition coefficient (Wildman–Crippen LogP) is 3.15. The summed E-state index contributed by atoms with van der Waals surface area (Å²) in [5.74, 6) is -0.293. The van der Waals surface area contributed by atoms with Crippen LogP contribution in [0, 0.1) is 20.8 Å². The molecule has 4 aromatic rings. The second-order valence-corrected chi connectivity index (χ2v) is 7.10. The van der Waals surface area contributed by atoms with Crippen LogP contribution in [0.3, 0.4) is 0 Å². The highest BCUT2D eigenvalue weighted by molar-refractivity contribution is 5.90. The number of nitrogens with one attached hydrogen (secondary N) is 1. The second-order valence-electron chi connectivity index (χ2n) is 7.10. The highest BCUT2D eigenvalue weighted by Gasteiger charge is 2.14. The van der Waals surface area contributed by atoms with Crippen LogP contribution < -0.4 is 10.9 Å². The minimum Gasteiger partial charge on any atom is -0.325 e. The summed E-state index contributed by atoms with van der Waals surface area (Å²) in [5.41, 5.74) is 5.04. The van der Waals surface area contributed by atoms with Crippen molar-refractivity contribution in [2.24, 2.45) is 0 Å². The zero-order valence-electron chi connectivity index (χ0n) is 16.5. The van der Waals surface area contributed by atoms with Crippen LogP contribution in [0.1, 0.15) is 16.7 Å². The SMILES string of the molecule is Cc1ccc(NC(=O)Cn2cnc3c(cnn3-c3cccc(C)c3C)c2=O)cc1. The second kappa shape index (κ2) is 7.35. The molecule has 0 radical (unpaired) electrons. The Hall–Kier alpha value is -3.74. The quantitative estimate of drug-likeness (QED) is 0.583. The average molecular weight is 387 g/mol. The molecule has 7 heteroatoms. The van der Waals surface area contributed by atoms with Gasteiger partial charge in [0.1, 0.15) is 18.3 Å². The fourth-order valence-corrected chi connectivity index (χ4v) is 3.19. The van der Waals surface area contributed by atoms with Crippen LogP contribution in [0.5, 0.6) is 0 Å². The molecule has 2 aromatic heterocycles. The molecule has 0 unspecified atom stereocenters. The summed E-state index contributed by atoms with van der Waals surface area (Å²) in [4.78, 5) is 29.6. The molecule has 0 fully saturated rings. The van der Waals surface area contributed by atoms with Crippen molar-refractivity contribution in [2.45, 2.75) is 27.3 Å². The molecule has 7 nitrogen and oxygen atoms in total. The van der Waals surface area contributed by atoms with E-state index in [0.717, 1.165) is 22.4 Å². The zero-order valence-corrected chi connectivity index (χ0v) is 16.5. The molecule has 2 aromatic carbocycles. The van der Waals surface area contributed by atoms with E-state index in [0.29, 0.717) is 16.7 Å². The fraction of sp³-hybridized carbons (Fsp3) is 0.182. The Morgan fingerprint density at radius 3 is 2.59 bits per heavy atom. The van der Waals surface area contributed by atoms with Gasteiger partial charge in [-0.1, -0.05) is 29.8 Å². The van der Waals surface area contributed by atoms with Gasteiger partial charge in [-0.05, 0) is 50.1 Å². The van der Waals surface area contributed by atoms with Crippen molar-refractivity contribution in [3.63, 3.8) is 0 Å². The van der Waals surface area contributed by atoms with Gasteiger partial charge in [-0.3, -0.25) is 14.2 Å². The van der Waals surface area contributed by atoms with Crippen LogP contribution in [0.4, 0.5) is 5.69 Å². The van der Waals surface area contributed by atoms with Gasteiger partial charge in [-0.25, -0.2) is 9.67 Å². The lowest BCUT2D eigenvalue weighted by Crippen LogP contribution is -2.27. The summed E-state index contributed by atoms with van der Waals surface area (Å²) in [7, 11) is 0. The molecule has 0 aliphatic heterocycles. The van der Waals surface area contributed by atoms with Gasteiger partial charge >= 0.3 is 0 Å². The average Bonchev–Trinajstić information content (AvgIpc) is 3.13. The molecule has 0 aliphatic rings. The molecule has 2 heterocycles. The lowest BCUT2D eigenvalue weighted by atomic mass is 10.1. The van der Waals surface area contributed by atoms with E-state index in [1.165, 1.54) is 17.1 Å². The van der Waals surface area contributed by atoms with Crippen molar-refractivity contribution in [1.29, 1.82) is 0 Å². The Labute approximate surface area is 167 Å². The van der Waals surface area contributed by atoms with E-state index < -0.39 is 0 Å². The Balaban J connectivity index is 1.63. The predicted molar refractivity (Wildman–Crippen MR) is 112 cm³/mol. The van der Waals surface area contributed by atoms with Gasteiger partial charge in [-0.15, -0.1) is 0 Å². The number of fused-ring (bicyclic) bond motifs is 1. The van der Waals surface area contributed by atoms with Gasteiger partial charge < -0.3 is 5.32 Å². The monoisotopic (exact) mass is 387 g/mol. The van der Waals surface area contributed by atoms with E-state index in [1.807, 2.05) is 63.2 Å². The van der Waals surface area contributed by atoms with Crippen molar-refractivity contribution in [3.8, 4) is 5.69 Å². The molecular weight excluding hydrogens is 366 g/mol. The molecule has 0 saturated carbocycles. The number of nitrogens with zero attached hydrogens (tertiary/aromatic N) is 4. The van der Waals surface area contributed by atoms with Gasteiger partial charge in [0.05, 0.1) is 11.9 Å². The Kier molecular flexibility index (Phi) is 4.72. The normalized spacial score (nSPS) is 11.0. The van der Waals surface area contributed by atoms with Crippen LogP contribution in [0.15, 0.2) is 59.8 Å². The standard InChI is InChI=1S/C22H21N5O2/c1-14-7-9-17(10-8-14)25-20(28)12-26-13-23-21-18(22(26)29)11-24-27(21)19-6-4-5-15(2)16(19)3/h4-11,13H,12H2,1-3H3,(H,25,28). The third kappa shape index (κ3) is 3.54. The molecule has 0 spiro atoms. The smallest absolute Gasteiger partial charge is 0.264 e. The molecular formula is C22H21N5O2. The summed E-state index contributed by atoms with van der Waals surface area (Å²) in [6, 6.07) is 13.4. The van der Waals surface area contributed by atoms with Gasteiger partial charge in [0.15, 0.2) is 5.65 Å². The number of amides is 1. The molecule has 29 heavy (non-hydrogen) atoms. The largest absolute Gasteiger partial charge is 0.325 e. The number of anilines is 1. The maximum absolute atomic E-state index is 12.8. The van der Waals surface area contributed by atoms with E-state index >= 15 is 0 Å². The first kappa shape index (κ1) is 18.6. The number of benzene rings is 2. The molecule has 1 N–H and O–H groups in total. The Morgan fingerprint density at radius 1 is 1.07 bits per heavy atom. The lowest BCUT2D eigenvalue weighted by molar-refractivity contribution is -0.116. The van der Waals surface area contributed by atoms with Crippen molar-refractivity contribution < 1.29 is 4.79 Å². The fourth-order valence-electron chi connectivity index (χ4n) is 3.19. The van der Waals surface area contributed by atoms with Crippen LogP contribution in [-0.4, -0.2) is 25.2 Å². The third-order valence-electron chi connectivity index (χ3n) is 5.01. The number of carbonyl (C=O) groups is 1. The van der Waals surface area contributed by atoms with E-state index in [2.05, 4.69) is 15.4 Å². The van der Waals surface area contributed by atoms with E-state index in [4.69, 9.17) is 0 Å². The molecule has 4 rings (SSSR count). The zero-order chi connectivity index (χ0) is 20.5. The maximum Gasteiger partial charge on any atom is 0.264 e. The number of hydrogen-bond donors (Lipinski definition) is 1. The number of rotatable bonds is 4. The van der Waals surface area contributed by atoms with Crippen molar-refractivity contribution in [3.05, 3.63) is 82.0 Å². The van der Waals surface area contributed by atoms with E-state index in [9.17, 15) is 9.59 Å². The summed E-state index contributed by atoms with van der Waals surface area (Å²) in [5, 5.41) is 7.53. The van der Waals surface area contributed by atoms with Crippen LogP contribution in [0.25, 0.3) is 16.7 Å². The minimum absolute atomic E-state index is 0.121. The molecule has 146 valence electrons. The molecule has 0 atom stereocenters. The maximum atomic E-state index is 12.8. The van der Waals surface area contributed by atoms with E-state index in [1.54, 1.807) is 4.68 Å². The molecule has 1 amide bonds. The highest BCUT2D eigenvalue weighted by Crippen LogP contribution is 2.20. The number of aryl methyl sites for hydroxylation is 2. The van der Waals surface area contributed by atoms with Crippen LogP contribution in [-0.2, 0) is 11.3 Å². The summed E-state index contributed by atoms with van der Waals surface area (Å²) in [6.07, 6.45) is 2.89. The number of carbonyl (C=O) groups excluding carboxylic acids is 1. The first-order valence-electron chi connectivity index (χ1n) is 9.30. The summed E-state index contributed by atoms with van der Waals surface area (Å²) >= 11 is 0. The van der Waals surface area contributed by atoms with E-state index in [-0.39, 0.29) is 18.0 Å². The third-order valence-corrected chi connectivity index (χ3v) is 5.01. The molecule has 0 saturated heterocycles. The van der Waals surface area contributed by atoms with Gasteiger partial charge in [0, 0.05) is 5.69 Å². The number of hydrogen-bond acceptors (Lipinski definition) is 4. The summed E-state index contributed by atoms with van der Waals surface area (Å²) < 4.78 is 2.96. The molecule has 0 aliphatic carbocycles. The van der Waals surface area contributed by atoms with Gasteiger partial charge in [0.25, 0.3) is 5.56 Å². The first-order valence-corrected chi connectivity index (χ1v) is 9.30. The van der Waals surface area contributed by atoms with Crippen LogP contribution in [0.2, 0.25) is 0 Å². The van der Waals surface area contributed by atoms with Crippen molar-refractivity contribution in [1.82, 2.24) is 19.3 Å². The lowest BCUT2D eigenvalue weighted by Gasteiger charge is -2.10. The number of aromatic nitrogens is 4. The van der Waals surface area contributed by atoms with Crippen molar-refractivity contribution in [2.75, 3.05) is 5.32 Å². The van der Waals surface area contributed by atoms with Crippen LogP contribution >= 0.6 is 0 Å². The van der Waals surface area contributed by atoms with Gasteiger partial charge in [0.2, 0.25) is 5.91 Å². The Bertz CT molecular complexity index is 1270. The first-order chi connectivity index (χ1) is 13.9. The minimum atomic E-state index is -0.300. The summed E-state index contributed by atoms with van der Waals surface area (Å²) in [6.45, 7) is 5.89. The highest BCUT2D eigenvalue weighted by atomic mass is 16.2. The topological polar surface area (TPSA) is 81.8 Å².